The molecule has 1 aromatic heterocycles. The number of benzene rings is 2. The Balaban J connectivity index is 1.47. The molecule has 3 aromatic rings. The van der Waals surface area contributed by atoms with Crippen LogP contribution in [0, 0.1) is 6.92 Å². The Hall–Kier alpha value is -3.27. The van der Waals surface area contributed by atoms with Crippen LogP contribution in [-0.4, -0.2) is 86.6 Å². The third-order valence-corrected chi connectivity index (χ3v) is 8.77. The van der Waals surface area contributed by atoms with Gasteiger partial charge in [-0.05, 0) is 98.2 Å². The highest BCUT2D eigenvalue weighted by atomic mass is 35.5. The second-order valence-corrected chi connectivity index (χ2v) is 11.8. The summed E-state index contributed by atoms with van der Waals surface area (Å²) < 4.78 is 16.6. The number of thiophene rings is 1. The number of carbonyl (C=O) groups is 2. The zero-order chi connectivity index (χ0) is 29.9. The molecule has 0 radical (unpaired) electrons. The Bertz CT molecular complexity index is 1310. The highest BCUT2D eigenvalue weighted by molar-refractivity contribution is 7.10. The topological polar surface area (TPSA) is 71.6 Å². The van der Waals surface area contributed by atoms with Gasteiger partial charge in [-0.25, -0.2) is 0 Å². The van der Waals surface area contributed by atoms with Gasteiger partial charge in [0.2, 0.25) is 5.91 Å². The molecule has 1 fully saturated rings. The highest BCUT2D eigenvalue weighted by Gasteiger charge is 2.24. The molecule has 1 aliphatic heterocycles. The molecule has 0 saturated carbocycles. The zero-order valence-electron chi connectivity index (χ0n) is 24.6. The van der Waals surface area contributed by atoms with Crippen LogP contribution in [0.3, 0.4) is 0 Å². The van der Waals surface area contributed by atoms with Crippen LogP contribution in [0.2, 0.25) is 5.02 Å². The van der Waals surface area contributed by atoms with Crippen LogP contribution in [0.5, 0.6) is 17.2 Å². The number of methoxy groups -OCH3 is 2. The standard InChI is InChI=1S/C32H40ClN3O5S/c1-24-13-19-42-30(24)21-35(16-12-25-6-11-28(39-2)29(20-25)40-3)31(37)22-36(18-17-34-14-4-5-15-34)32(38)23-41-27-9-7-26(33)8-10-27/h6-11,13,19-20H,4-5,12,14-18,21-23H2,1-3H3. The van der Waals surface area contributed by atoms with Crippen molar-refractivity contribution in [2.75, 3.05) is 60.1 Å². The number of hydrogen-bond acceptors (Lipinski definition) is 7. The van der Waals surface area contributed by atoms with Crippen LogP contribution >= 0.6 is 22.9 Å². The van der Waals surface area contributed by atoms with Crippen molar-refractivity contribution in [3.8, 4) is 17.2 Å². The maximum Gasteiger partial charge on any atom is 0.261 e. The molecule has 0 atom stereocenters. The van der Waals surface area contributed by atoms with Crippen molar-refractivity contribution >= 4 is 34.8 Å². The van der Waals surface area contributed by atoms with E-state index in [1.54, 1.807) is 54.7 Å². The number of aryl methyl sites for hydroxylation is 1. The zero-order valence-corrected chi connectivity index (χ0v) is 26.2. The van der Waals surface area contributed by atoms with E-state index in [4.69, 9.17) is 25.8 Å². The van der Waals surface area contributed by atoms with E-state index in [-0.39, 0.29) is 25.0 Å². The van der Waals surface area contributed by atoms with Gasteiger partial charge in [-0.15, -0.1) is 11.3 Å². The van der Waals surface area contributed by atoms with E-state index in [2.05, 4.69) is 17.9 Å². The lowest BCUT2D eigenvalue weighted by Gasteiger charge is -2.29. The summed E-state index contributed by atoms with van der Waals surface area (Å²) in [6.45, 7) is 6.14. The average molecular weight is 614 g/mol. The smallest absolute Gasteiger partial charge is 0.261 e. The number of amides is 2. The van der Waals surface area contributed by atoms with Crippen LogP contribution in [0.25, 0.3) is 0 Å². The first-order valence-corrected chi connectivity index (χ1v) is 15.5. The Morgan fingerprint density at radius 3 is 2.33 bits per heavy atom. The summed E-state index contributed by atoms with van der Waals surface area (Å²) in [4.78, 5) is 34.2. The van der Waals surface area contributed by atoms with Crippen molar-refractivity contribution in [3.63, 3.8) is 0 Å². The molecular weight excluding hydrogens is 574 g/mol. The maximum atomic E-state index is 13.9. The lowest BCUT2D eigenvalue weighted by molar-refractivity contribution is -0.142. The van der Waals surface area contributed by atoms with Crippen LogP contribution in [0.15, 0.2) is 53.9 Å². The maximum absolute atomic E-state index is 13.9. The second kappa shape index (κ2) is 15.8. The van der Waals surface area contributed by atoms with E-state index in [1.165, 1.54) is 0 Å². The molecule has 2 heterocycles. The molecule has 1 aliphatic rings. The first kappa shape index (κ1) is 31.7. The normalized spacial score (nSPS) is 13.1. The minimum Gasteiger partial charge on any atom is -0.493 e. The van der Waals surface area contributed by atoms with E-state index >= 15 is 0 Å². The first-order chi connectivity index (χ1) is 20.4. The van der Waals surface area contributed by atoms with Crippen LogP contribution < -0.4 is 14.2 Å². The summed E-state index contributed by atoms with van der Waals surface area (Å²) in [6.07, 6.45) is 2.96. The monoisotopic (exact) mass is 613 g/mol. The fourth-order valence-corrected chi connectivity index (χ4v) is 5.97. The highest BCUT2D eigenvalue weighted by Crippen LogP contribution is 2.28. The van der Waals surface area contributed by atoms with Gasteiger partial charge in [0.25, 0.3) is 5.91 Å². The summed E-state index contributed by atoms with van der Waals surface area (Å²) in [5, 5.41) is 2.64. The minimum atomic E-state index is -0.218. The van der Waals surface area contributed by atoms with E-state index in [1.807, 2.05) is 28.5 Å². The van der Waals surface area contributed by atoms with Crippen molar-refractivity contribution in [1.29, 1.82) is 0 Å². The number of nitrogens with zero attached hydrogens (tertiary/aromatic N) is 3. The van der Waals surface area contributed by atoms with E-state index in [0.29, 0.717) is 48.3 Å². The molecule has 2 amide bonds. The molecular formula is C32H40ClN3O5S. The second-order valence-electron chi connectivity index (χ2n) is 10.4. The van der Waals surface area contributed by atoms with Crippen molar-refractivity contribution < 1.29 is 23.8 Å². The van der Waals surface area contributed by atoms with Gasteiger partial charge >= 0.3 is 0 Å². The fourth-order valence-electron chi connectivity index (χ4n) is 4.92. The average Bonchev–Trinajstić information content (AvgIpc) is 3.68. The molecule has 10 heteroatoms. The molecule has 42 heavy (non-hydrogen) atoms. The van der Waals surface area contributed by atoms with Crippen LogP contribution in [-0.2, 0) is 22.6 Å². The molecule has 226 valence electrons. The third kappa shape index (κ3) is 9.11. The van der Waals surface area contributed by atoms with Gasteiger partial charge in [0.1, 0.15) is 5.75 Å². The Kier molecular flexibility index (Phi) is 11.9. The molecule has 0 bridgehead atoms. The number of hydrogen-bond donors (Lipinski definition) is 0. The SMILES string of the molecule is COc1ccc(CCN(Cc2sccc2C)C(=O)CN(CCN2CCCC2)C(=O)COc2ccc(Cl)cc2)cc1OC. The van der Waals surface area contributed by atoms with Crippen molar-refractivity contribution in [2.24, 2.45) is 0 Å². The number of ether oxygens (including phenoxy) is 3. The quantitative estimate of drug-likeness (QED) is 0.232. The van der Waals surface area contributed by atoms with Crippen molar-refractivity contribution in [1.82, 2.24) is 14.7 Å². The van der Waals surface area contributed by atoms with E-state index in [9.17, 15) is 9.59 Å². The van der Waals surface area contributed by atoms with Crippen molar-refractivity contribution in [3.05, 3.63) is 74.9 Å². The molecule has 8 nitrogen and oxygen atoms in total. The summed E-state index contributed by atoms with van der Waals surface area (Å²) in [5.74, 6) is 1.56. The molecule has 0 spiro atoms. The summed E-state index contributed by atoms with van der Waals surface area (Å²) in [6, 6.07) is 14.8. The third-order valence-electron chi connectivity index (χ3n) is 7.51. The molecule has 1 saturated heterocycles. The predicted molar refractivity (Wildman–Crippen MR) is 167 cm³/mol. The Morgan fingerprint density at radius 2 is 1.67 bits per heavy atom. The van der Waals surface area contributed by atoms with Crippen molar-refractivity contribution in [2.45, 2.75) is 32.7 Å². The van der Waals surface area contributed by atoms with Gasteiger partial charge in [-0.3, -0.25) is 9.59 Å². The molecule has 4 rings (SSSR count). The first-order valence-electron chi connectivity index (χ1n) is 14.3. The number of halogens is 1. The van der Waals surface area contributed by atoms with Crippen LogP contribution in [0.1, 0.15) is 28.8 Å². The Morgan fingerprint density at radius 1 is 0.929 bits per heavy atom. The molecule has 0 unspecified atom stereocenters. The lowest BCUT2D eigenvalue weighted by atomic mass is 10.1. The molecule has 0 aliphatic carbocycles. The van der Waals surface area contributed by atoms with E-state index in [0.717, 1.165) is 48.5 Å². The largest absolute Gasteiger partial charge is 0.493 e. The summed E-state index contributed by atoms with van der Waals surface area (Å²) >= 11 is 7.62. The number of rotatable bonds is 15. The number of carbonyl (C=O) groups excluding carboxylic acids is 2. The number of likely N-dealkylation sites (tertiary alicyclic amines) is 1. The van der Waals surface area contributed by atoms with Gasteiger partial charge in [0.15, 0.2) is 18.1 Å². The molecule has 0 N–H and O–H groups in total. The summed E-state index contributed by atoms with van der Waals surface area (Å²) in [7, 11) is 3.22. The van der Waals surface area contributed by atoms with Gasteiger partial charge in [0.05, 0.1) is 27.3 Å². The predicted octanol–water partition coefficient (Wildman–Crippen LogP) is 5.30. The van der Waals surface area contributed by atoms with Crippen LogP contribution in [0.4, 0.5) is 0 Å². The minimum absolute atomic E-state index is 0.00694. The Labute approximate surface area is 257 Å². The van der Waals surface area contributed by atoms with Gasteiger partial charge in [-0.2, -0.15) is 0 Å². The molecule has 2 aromatic carbocycles. The van der Waals surface area contributed by atoms with E-state index < -0.39 is 0 Å². The summed E-state index contributed by atoms with van der Waals surface area (Å²) in [5.41, 5.74) is 2.19. The lowest BCUT2D eigenvalue weighted by Crippen LogP contribution is -2.47. The van der Waals surface area contributed by atoms with Gasteiger partial charge < -0.3 is 28.9 Å². The van der Waals surface area contributed by atoms with Gasteiger partial charge in [-0.1, -0.05) is 17.7 Å². The fraction of sp³-hybridized carbons (Fsp3) is 0.438. The van der Waals surface area contributed by atoms with Gasteiger partial charge in [0, 0.05) is 29.5 Å².